The van der Waals surface area contributed by atoms with Gasteiger partial charge in [0.05, 0.1) is 5.69 Å². The number of benzene rings is 2. The van der Waals surface area contributed by atoms with Crippen LogP contribution < -0.4 is 5.73 Å². The summed E-state index contributed by atoms with van der Waals surface area (Å²) in [6.07, 6.45) is 0. The molecule has 0 unspecified atom stereocenters. The normalized spacial score (nSPS) is 10.8. The van der Waals surface area contributed by atoms with E-state index in [0.29, 0.717) is 22.1 Å². The molecule has 2 aromatic carbocycles. The van der Waals surface area contributed by atoms with E-state index in [0.717, 1.165) is 11.3 Å². The fourth-order valence-corrected chi connectivity index (χ4v) is 2.30. The molecule has 0 aliphatic heterocycles. The maximum atomic E-state index is 9.95. The van der Waals surface area contributed by atoms with E-state index in [2.05, 4.69) is 10.3 Å². The molecule has 1 aromatic heterocycles. The van der Waals surface area contributed by atoms with Gasteiger partial charge < -0.3 is 10.8 Å². The second-order valence-electron chi connectivity index (χ2n) is 4.74. The summed E-state index contributed by atoms with van der Waals surface area (Å²) < 4.78 is 1.53. The third-order valence-corrected chi connectivity index (χ3v) is 3.40. The minimum absolute atomic E-state index is 0.0578. The second-order valence-corrected chi connectivity index (χ2v) is 5.17. The maximum absolute atomic E-state index is 9.95. The number of halogens is 1. The number of nitrogens with two attached hydrogens (primary N) is 1. The van der Waals surface area contributed by atoms with Crippen LogP contribution in [0.25, 0.3) is 16.9 Å². The summed E-state index contributed by atoms with van der Waals surface area (Å²) in [6, 6.07) is 12.5. The van der Waals surface area contributed by atoms with Crippen molar-refractivity contribution in [1.82, 2.24) is 15.0 Å². The van der Waals surface area contributed by atoms with Gasteiger partial charge in [-0.15, -0.1) is 5.10 Å². The zero-order chi connectivity index (χ0) is 15.0. The van der Waals surface area contributed by atoms with Crippen molar-refractivity contribution in [2.75, 3.05) is 5.73 Å². The van der Waals surface area contributed by atoms with Gasteiger partial charge in [-0.3, -0.25) is 0 Å². The number of aromatic nitrogens is 3. The molecule has 5 nitrogen and oxygen atoms in total. The molecule has 0 spiro atoms. The predicted molar refractivity (Wildman–Crippen MR) is 82.6 cm³/mol. The summed E-state index contributed by atoms with van der Waals surface area (Å²) in [4.78, 5) is 0. The Bertz CT molecular complexity index is 813. The summed E-state index contributed by atoms with van der Waals surface area (Å²) in [7, 11) is 0. The molecular formula is C15H13ClN4O. The standard InChI is InChI=1S/C15H13ClN4O/c1-9-3-2-4-11(7-9)20-15(17)14(18-19-20)12-8-10(16)5-6-13(12)21/h2-8,21H,17H2,1H3. The molecule has 0 aliphatic rings. The quantitative estimate of drug-likeness (QED) is 0.762. The highest BCUT2D eigenvalue weighted by atomic mass is 35.5. The molecule has 3 rings (SSSR count). The van der Waals surface area contributed by atoms with Gasteiger partial charge in [-0.05, 0) is 42.8 Å². The average molecular weight is 301 g/mol. The van der Waals surface area contributed by atoms with Crippen molar-refractivity contribution in [2.24, 2.45) is 0 Å². The lowest BCUT2D eigenvalue weighted by Gasteiger charge is -2.05. The maximum Gasteiger partial charge on any atom is 0.156 e. The van der Waals surface area contributed by atoms with E-state index in [9.17, 15) is 5.11 Å². The van der Waals surface area contributed by atoms with Crippen LogP contribution in [0, 0.1) is 6.92 Å². The molecule has 106 valence electrons. The third kappa shape index (κ3) is 2.43. The smallest absolute Gasteiger partial charge is 0.156 e. The first-order chi connectivity index (χ1) is 10.1. The summed E-state index contributed by atoms with van der Waals surface area (Å²) in [5.74, 6) is 0.403. The van der Waals surface area contributed by atoms with Gasteiger partial charge in [0.25, 0.3) is 0 Å². The molecule has 0 fully saturated rings. The first kappa shape index (κ1) is 13.5. The Kier molecular flexibility index (Phi) is 3.27. The molecule has 0 radical (unpaired) electrons. The largest absolute Gasteiger partial charge is 0.507 e. The van der Waals surface area contributed by atoms with Crippen LogP contribution >= 0.6 is 11.6 Å². The Morgan fingerprint density at radius 1 is 1.19 bits per heavy atom. The third-order valence-electron chi connectivity index (χ3n) is 3.16. The first-order valence-electron chi connectivity index (χ1n) is 6.33. The van der Waals surface area contributed by atoms with Gasteiger partial charge in [-0.25, -0.2) is 0 Å². The van der Waals surface area contributed by atoms with E-state index in [1.807, 2.05) is 31.2 Å². The van der Waals surface area contributed by atoms with E-state index in [-0.39, 0.29) is 5.75 Å². The highest BCUT2D eigenvalue weighted by molar-refractivity contribution is 6.31. The number of phenolic OH excluding ortho intramolecular Hbond substituents is 1. The zero-order valence-electron chi connectivity index (χ0n) is 11.3. The predicted octanol–water partition coefficient (Wildman–Crippen LogP) is 3.18. The lowest BCUT2D eigenvalue weighted by Crippen LogP contribution is -2.02. The van der Waals surface area contributed by atoms with Crippen LogP contribution in [0.5, 0.6) is 5.75 Å². The average Bonchev–Trinajstić information content (AvgIpc) is 2.83. The lowest BCUT2D eigenvalue weighted by molar-refractivity contribution is 0.477. The molecule has 0 bridgehead atoms. The molecule has 0 saturated heterocycles. The fraction of sp³-hybridized carbons (Fsp3) is 0.0667. The monoisotopic (exact) mass is 300 g/mol. The van der Waals surface area contributed by atoms with Crippen LogP contribution in [0.15, 0.2) is 42.5 Å². The van der Waals surface area contributed by atoms with Crippen molar-refractivity contribution < 1.29 is 5.11 Å². The van der Waals surface area contributed by atoms with Crippen LogP contribution in [0.3, 0.4) is 0 Å². The molecule has 1 heterocycles. The number of hydrogen-bond acceptors (Lipinski definition) is 4. The van der Waals surface area contributed by atoms with Crippen molar-refractivity contribution in [3.05, 3.63) is 53.1 Å². The number of phenols is 1. The summed E-state index contributed by atoms with van der Waals surface area (Å²) in [6.45, 7) is 1.99. The van der Waals surface area contributed by atoms with Crippen molar-refractivity contribution in [3.63, 3.8) is 0 Å². The molecule has 0 aliphatic carbocycles. The van der Waals surface area contributed by atoms with Gasteiger partial charge >= 0.3 is 0 Å². The summed E-state index contributed by atoms with van der Waals surface area (Å²) >= 11 is 5.96. The topological polar surface area (TPSA) is 77.0 Å². The lowest BCUT2D eigenvalue weighted by atomic mass is 10.1. The van der Waals surface area contributed by atoms with E-state index >= 15 is 0 Å². The summed E-state index contributed by atoms with van der Waals surface area (Å²) in [5.41, 5.74) is 8.88. The van der Waals surface area contributed by atoms with Gasteiger partial charge in [0, 0.05) is 10.6 Å². The molecular weight excluding hydrogens is 288 g/mol. The minimum Gasteiger partial charge on any atom is -0.507 e. The molecule has 3 aromatic rings. The number of anilines is 1. The highest BCUT2D eigenvalue weighted by Crippen LogP contribution is 2.34. The number of hydrogen-bond donors (Lipinski definition) is 2. The Balaban J connectivity index is 2.13. The number of aryl methyl sites for hydroxylation is 1. The zero-order valence-corrected chi connectivity index (χ0v) is 12.0. The molecule has 0 atom stereocenters. The Labute approximate surface area is 126 Å². The number of nitrogen functional groups attached to an aromatic ring is 1. The van der Waals surface area contributed by atoms with Gasteiger partial charge in [0.1, 0.15) is 11.4 Å². The van der Waals surface area contributed by atoms with E-state index in [1.54, 1.807) is 12.1 Å². The van der Waals surface area contributed by atoms with Gasteiger partial charge in [0.15, 0.2) is 5.82 Å². The molecule has 6 heteroatoms. The van der Waals surface area contributed by atoms with Crippen LogP contribution in [0.1, 0.15) is 5.56 Å². The number of nitrogens with zero attached hydrogens (tertiary/aromatic N) is 3. The van der Waals surface area contributed by atoms with Crippen LogP contribution in [-0.2, 0) is 0 Å². The SMILES string of the molecule is Cc1cccc(-n2nnc(-c3cc(Cl)ccc3O)c2N)c1. The molecule has 21 heavy (non-hydrogen) atoms. The van der Waals surface area contributed by atoms with E-state index in [1.165, 1.54) is 10.7 Å². The van der Waals surface area contributed by atoms with Crippen LogP contribution in [0.4, 0.5) is 5.82 Å². The second kappa shape index (κ2) is 5.10. The van der Waals surface area contributed by atoms with Gasteiger partial charge in [0.2, 0.25) is 0 Å². The van der Waals surface area contributed by atoms with Gasteiger partial charge in [-0.2, -0.15) is 4.68 Å². The highest BCUT2D eigenvalue weighted by Gasteiger charge is 2.16. The van der Waals surface area contributed by atoms with Crippen LogP contribution in [0.2, 0.25) is 5.02 Å². The van der Waals surface area contributed by atoms with Crippen molar-refractivity contribution >= 4 is 17.4 Å². The van der Waals surface area contributed by atoms with Crippen molar-refractivity contribution in [2.45, 2.75) is 6.92 Å². The molecule has 0 saturated carbocycles. The Morgan fingerprint density at radius 3 is 2.76 bits per heavy atom. The van der Waals surface area contributed by atoms with Crippen LogP contribution in [-0.4, -0.2) is 20.1 Å². The van der Waals surface area contributed by atoms with Crippen molar-refractivity contribution in [1.29, 1.82) is 0 Å². The fourth-order valence-electron chi connectivity index (χ4n) is 2.13. The summed E-state index contributed by atoms with van der Waals surface area (Å²) in [5, 5.41) is 18.6. The Morgan fingerprint density at radius 2 is 2.00 bits per heavy atom. The first-order valence-corrected chi connectivity index (χ1v) is 6.71. The number of rotatable bonds is 2. The minimum atomic E-state index is 0.0578. The van der Waals surface area contributed by atoms with E-state index < -0.39 is 0 Å². The molecule has 0 amide bonds. The number of aromatic hydroxyl groups is 1. The van der Waals surface area contributed by atoms with E-state index in [4.69, 9.17) is 17.3 Å². The van der Waals surface area contributed by atoms with Crippen molar-refractivity contribution in [3.8, 4) is 22.7 Å². The molecule has 3 N–H and O–H groups in total. The van der Waals surface area contributed by atoms with Gasteiger partial charge in [-0.1, -0.05) is 28.9 Å². The Hall–Kier alpha value is -2.53.